The predicted octanol–water partition coefficient (Wildman–Crippen LogP) is 4.01. The fourth-order valence-electron chi connectivity index (χ4n) is 4.58. The molecule has 2 aliphatic rings. The Kier molecular flexibility index (Phi) is 6.80. The summed E-state index contributed by atoms with van der Waals surface area (Å²) < 4.78 is 0. The molecule has 1 N–H and O–H groups in total. The topological polar surface area (TPSA) is 66.5 Å². The molecule has 1 heterocycles. The third-order valence-corrected chi connectivity index (χ3v) is 6.36. The fraction of sp³-hybridized carbons (Fsp3) is 0.423. The van der Waals surface area contributed by atoms with Crippen LogP contribution in [0, 0.1) is 0 Å². The molecule has 1 aliphatic heterocycles. The van der Waals surface area contributed by atoms with Gasteiger partial charge in [0.15, 0.2) is 5.78 Å². The van der Waals surface area contributed by atoms with Crippen molar-refractivity contribution in [1.29, 1.82) is 0 Å². The molecule has 2 aromatic rings. The van der Waals surface area contributed by atoms with Crippen molar-refractivity contribution in [2.45, 2.75) is 57.4 Å². The molecule has 0 bridgehead atoms. The zero-order valence-electron chi connectivity index (χ0n) is 17.9. The molecule has 0 spiro atoms. The maximum atomic E-state index is 12.7. The van der Waals surface area contributed by atoms with Crippen LogP contribution in [0.4, 0.5) is 0 Å². The monoisotopic (exact) mass is 418 g/mol. The Hall–Kier alpha value is -2.95. The van der Waals surface area contributed by atoms with Gasteiger partial charge >= 0.3 is 0 Å². The van der Waals surface area contributed by atoms with Crippen LogP contribution in [0.25, 0.3) is 0 Å². The molecule has 1 fully saturated rings. The summed E-state index contributed by atoms with van der Waals surface area (Å²) in [5.41, 5.74) is 4.30. The molecule has 162 valence electrons. The van der Waals surface area contributed by atoms with E-state index in [1.165, 1.54) is 24.0 Å². The Bertz CT molecular complexity index is 954. The molecule has 2 aromatic carbocycles. The molecule has 0 radical (unpaired) electrons. The molecule has 1 aliphatic carbocycles. The smallest absolute Gasteiger partial charge is 0.222 e. The molecular formula is C26H30N2O3. The predicted molar refractivity (Wildman–Crippen MR) is 120 cm³/mol. The van der Waals surface area contributed by atoms with E-state index in [1.54, 1.807) is 0 Å². The van der Waals surface area contributed by atoms with Crippen molar-refractivity contribution < 1.29 is 14.4 Å². The maximum Gasteiger partial charge on any atom is 0.222 e. The molecule has 5 heteroatoms. The number of rotatable bonds is 8. The molecule has 0 saturated carbocycles. The summed E-state index contributed by atoms with van der Waals surface area (Å²) in [4.78, 5) is 39.2. The summed E-state index contributed by atoms with van der Waals surface area (Å²) in [6, 6.07) is 15.4. The van der Waals surface area contributed by atoms with Crippen LogP contribution in [0.15, 0.2) is 48.5 Å². The number of aryl methyl sites for hydroxylation is 2. The van der Waals surface area contributed by atoms with Crippen LogP contribution >= 0.6 is 0 Å². The largest absolute Gasteiger partial charge is 0.347 e. The number of carbonyl (C=O) groups is 3. The van der Waals surface area contributed by atoms with E-state index in [0.29, 0.717) is 18.5 Å². The van der Waals surface area contributed by atoms with Crippen LogP contribution in [0.2, 0.25) is 0 Å². The van der Waals surface area contributed by atoms with E-state index >= 15 is 0 Å². The molecule has 1 atom stereocenters. The number of fused-ring (bicyclic) bond motifs is 1. The normalized spacial score (nSPS) is 16.6. The van der Waals surface area contributed by atoms with Crippen molar-refractivity contribution >= 4 is 17.6 Å². The van der Waals surface area contributed by atoms with Gasteiger partial charge in [-0.15, -0.1) is 0 Å². The van der Waals surface area contributed by atoms with Crippen LogP contribution in [0.5, 0.6) is 0 Å². The highest BCUT2D eigenvalue weighted by molar-refractivity contribution is 5.98. The third-order valence-electron chi connectivity index (χ3n) is 6.36. The third kappa shape index (κ3) is 5.40. The van der Waals surface area contributed by atoms with Gasteiger partial charge < -0.3 is 10.2 Å². The van der Waals surface area contributed by atoms with Gasteiger partial charge in [0.05, 0.1) is 6.04 Å². The van der Waals surface area contributed by atoms with Crippen LogP contribution in [0.3, 0.4) is 0 Å². The first kappa shape index (κ1) is 21.3. The maximum absolute atomic E-state index is 12.7. The average Bonchev–Trinajstić information content (AvgIpc) is 3.21. The lowest BCUT2D eigenvalue weighted by molar-refractivity contribution is -0.129. The second kappa shape index (κ2) is 9.90. The number of amides is 2. The minimum absolute atomic E-state index is 0.00880. The summed E-state index contributed by atoms with van der Waals surface area (Å²) in [7, 11) is 0. The van der Waals surface area contributed by atoms with Crippen LogP contribution in [-0.2, 0) is 22.4 Å². The fourth-order valence-corrected chi connectivity index (χ4v) is 4.58. The molecule has 31 heavy (non-hydrogen) atoms. The number of nitrogens with zero attached hydrogens (tertiary/aromatic N) is 1. The average molecular weight is 419 g/mol. The van der Waals surface area contributed by atoms with E-state index < -0.39 is 0 Å². The summed E-state index contributed by atoms with van der Waals surface area (Å²) in [5.74, 6) is -0.0147. The summed E-state index contributed by atoms with van der Waals surface area (Å²) >= 11 is 0. The number of nitrogens with one attached hydrogen (secondary N) is 1. The Balaban J connectivity index is 1.36. The standard InChI is InChI=1S/C26H30N2O3/c29-24(22-13-12-19-7-4-5-10-21(19)17-22)14-15-25(30)27-23(20-8-2-1-3-9-20)18-28-16-6-11-26(28)31/h1-3,8-9,12-13,17,23H,4-7,10-11,14-16,18H2,(H,27,30). The highest BCUT2D eigenvalue weighted by Gasteiger charge is 2.25. The minimum atomic E-state index is -0.269. The lowest BCUT2D eigenvalue weighted by Crippen LogP contribution is -2.38. The Morgan fingerprint density at radius 3 is 2.42 bits per heavy atom. The van der Waals surface area contributed by atoms with Gasteiger partial charge in [-0.05, 0) is 54.9 Å². The van der Waals surface area contributed by atoms with E-state index in [1.807, 2.05) is 47.4 Å². The second-order valence-corrected chi connectivity index (χ2v) is 8.59. The van der Waals surface area contributed by atoms with Crippen molar-refractivity contribution in [2.24, 2.45) is 0 Å². The minimum Gasteiger partial charge on any atom is -0.347 e. The zero-order chi connectivity index (χ0) is 21.6. The van der Waals surface area contributed by atoms with Crippen LogP contribution in [0.1, 0.15) is 71.6 Å². The number of ketones is 1. The number of likely N-dealkylation sites (tertiary alicyclic amines) is 1. The number of hydrogen-bond acceptors (Lipinski definition) is 3. The van der Waals surface area contributed by atoms with Crippen LogP contribution < -0.4 is 5.32 Å². The molecule has 0 aromatic heterocycles. The van der Waals surface area contributed by atoms with Gasteiger partial charge in [-0.1, -0.05) is 42.5 Å². The number of Topliss-reactive ketones (excluding diaryl/α,β-unsaturated/α-hetero) is 1. The summed E-state index contributed by atoms with van der Waals surface area (Å²) in [6.07, 6.45) is 6.29. The summed E-state index contributed by atoms with van der Waals surface area (Å²) in [5, 5.41) is 3.05. The highest BCUT2D eigenvalue weighted by Crippen LogP contribution is 2.23. The lowest BCUT2D eigenvalue weighted by Gasteiger charge is -2.25. The summed E-state index contributed by atoms with van der Waals surface area (Å²) in [6.45, 7) is 1.20. The molecule has 1 unspecified atom stereocenters. The van der Waals surface area contributed by atoms with Crippen LogP contribution in [-0.4, -0.2) is 35.6 Å². The van der Waals surface area contributed by atoms with Gasteiger partial charge in [0.1, 0.15) is 0 Å². The molecule has 5 nitrogen and oxygen atoms in total. The molecular weight excluding hydrogens is 388 g/mol. The van der Waals surface area contributed by atoms with E-state index in [2.05, 4.69) is 11.4 Å². The van der Waals surface area contributed by atoms with Gasteiger partial charge in [-0.3, -0.25) is 14.4 Å². The Morgan fingerprint density at radius 1 is 0.903 bits per heavy atom. The van der Waals surface area contributed by atoms with E-state index in [9.17, 15) is 14.4 Å². The molecule has 2 amide bonds. The SMILES string of the molecule is O=C(CCC(=O)c1ccc2c(c1)CCCC2)NC(CN1CCCC1=O)c1ccccc1. The van der Waals surface area contributed by atoms with Crippen molar-refractivity contribution in [3.8, 4) is 0 Å². The van der Waals surface area contributed by atoms with E-state index in [4.69, 9.17) is 0 Å². The Morgan fingerprint density at radius 2 is 1.68 bits per heavy atom. The second-order valence-electron chi connectivity index (χ2n) is 8.59. The first-order chi connectivity index (χ1) is 15.1. The number of hydrogen-bond donors (Lipinski definition) is 1. The van der Waals surface area contributed by atoms with Crippen molar-refractivity contribution in [2.75, 3.05) is 13.1 Å². The van der Waals surface area contributed by atoms with E-state index in [0.717, 1.165) is 31.4 Å². The van der Waals surface area contributed by atoms with Gasteiger partial charge in [-0.25, -0.2) is 0 Å². The van der Waals surface area contributed by atoms with Gasteiger partial charge in [0.2, 0.25) is 11.8 Å². The molecule has 1 saturated heterocycles. The van der Waals surface area contributed by atoms with Gasteiger partial charge in [0, 0.05) is 37.9 Å². The first-order valence-corrected chi connectivity index (χ1v) is 11.4. The van der Waals surface area contributed by atoms with Gasteiger partial charge in [-0.2, -0.15) is 0 Å². The molecule has 4 rings (SSSR count). The Labute approximate surface area is 183 Å². The first-order valence-electron chi connectivity index (χ1n) is 11.4. The lowest BCUT2D eigenvalue weighted by atomic mass is 9.89. The quantitative estimate of drug-likeness (QED) is 0.659. The number of benzene rings is 2. The van der Waals surface area contributed by atoms with Crippen molar-refractivity contribution in [3.05, 3.63) is 70.8 Å². The van der Waals surface area contributed by atoms with E-state index in [-0.39, 0.29) is 36.5 Å². The highest BCUT2D eigenvalue weighted by atomic mass is 16.2. The zero-order valence-corrected chi connectivity index (χ0v) is 17.9. The van der Waals surface area contributed by atoms with Crippen molar-refractivity contribution in [3.63, 3.8) is 0 Å². The van der Waals surface area contributed by atoms with Crippen molar-refractivity contribution in [1.82, 2.24) is 10.2 Å². The van der Waals surface area contributed by atoms with Gasteiger partial charge in [0.25, 0.3) is 0 Å². The number of carbonyl (C=O) groups excluding carboxylic acids is 3.